The summed E-state index contributed by atoms with van der Waals surface area (Å²) in [7, 11) is -1.00. The standard InChI is InChI=1S/C14H11Cl2NO2.C13H9ClN2O2.CH3F.CH2O3.2Na.H/c15-13-6-5-11(14(16)17-13)7-12(19)10-3-1-9(8-18)2-4-10;14-11-6-5-10-13(16-11)18-12(15-10)9-3-1-8(7-17)2-4-9;1-2;2-1-4-3;;;/h1-6,18H,7-8H2;1-6,17H,7H2;1H3;1,3H;;;/q;;;;2*+1;-1/p-1/i;;1D;;;;. The van der Waals surface area contributed by atoms with Crippen molar-refractivity contribution >= 4 is 58.3 Å². The molecule has 3 aromatic heterocycles. The summed E-state index contributed by atoms with van der Waals surface area (Å²) in [6, 6.07) is 20.9. The first kappa shape index (κ1) is 41.1. The van der Waals surface area contributed by atoms with Crippen LogP contribution in [-0.4, -0.2) is 44.6 Å². The second kappa shape index (κ2) is 23.4. The molecule has 0 amide bonds. The van der Waals surface area contributed by atoms with E-state index < -0.39 is 7.15 Å². The molecule has 10 nitrogen and oxygen atoms in total. The summed E-state index contributed by atoms with van der Waals surface area (Å²) in [4.78, 5) is 35.6. The van der Waals surface area contributed by atoms with E-state index in [0.29, 0.717) is 38.6 Å². The minimum absolute atomic E-state index is 0. The molecule has 0 saturated carbocycles. The number of hydrogen-bond donors (Lipinski definition) is 2. The maximum absolute atomic E-state index is 12.1. The fourth-order valence-electron chi connectivity index (χ4n) is 3.31. The average molecular weight is 700 g/mol. The molecule has 5 aromatic rings. The van der Waals surface area contributed by atoms with Crippen LogP contribution in [0.25, 0.3) is 22.7 Å². The smallest absolute Gasteiger partial charge is 1.00 e. The number of carbonyl (C=O) groups is 2. The van der Waals surface area contributed by atoms with Crippen molar-refractivity contribution in [2.24, 2.45) is 0 Å². The van der Waals surface area contributed by atoms with Gasteiger partial charge in [0.2, 0.25) is 11.6 Å². The van der Waals surface area contributed by atoms with Gasteiger partial charge in [-0.3, -0.25) is 14.0 Å². The van der Waals surface area contributed by atoms with E-state index in [0.717, 1.165) is 16.7 Å². The summed E-state index contributed by atoms with van der Waals surface area (Å²) < 4.78 is 21.0. The van der Waals surface area contributed by atoms with Crippen LogP contribution in [0.5, 0.6) is 0 Å². The first-order valence-corrected chi connectivity index (χ1v) is 13.1. The van der Waals surface area contributed by atoms with Gasteiger partial charge in [-0.25, -0.2) is 9.97 Å². The molecule has 16 heteroatoms. The number of fused-ring (bicyclic) bond motifs is 1. The number of oxazole rings is 1. The van der Waals surface area contributed by atoms with Gasteiger partial charge >= 0.3 is 59.1 Å². The molecule has 0 radical (unpaired) electrons. The van der Waals surface area contributed by atoms with Gasteiger partial charge < -0.3 is 26.2 Å². The number of Topliss-reactive ketones (excluding diaryl/α,β-unsaturated/α-hetero) is 1. The Morgan fingerprint density at radius 2 is 1.44 bits per heavy atom. The average Bonchev–Trinajstić information content (AvgIpc) is 3.46. The van der Waals surface area contributed by atoms with Crippen LogP contribution in [0.2, 0.25) is 15.5 Å². The summed E-state index contributed by atoms with van der Waals surface area (Å²) in [6.07, 6.45) is 0.168. The number of rotatable bonds is 7. The zero-order valence-electron chi connectivity index (χ0n) is 26.1. The van der Waals surface area contributed by atoms with E-state index in [1.54, 1.807) is 48.5 Å². The third-order valence-electron chi connectivity index (χ3n) is 5.35. The number of pyridine rings is 2. The van der Waals surface area contributed by atoms with Gasteiger partial charge in [0.1, 0.15) is 21.0 Å². The predicted octanol–water partition coefficient (Wildman–Crippen LogP) is -0.517. The number of carbonyl (C=O) groups excluding carboxylic acids is 2. The minimum atomic E-state index is -1.00. The van der Waals surface area contributed by atoms with E-state index in [4.69, 9.17) is 60.9 Å². The summed E-state index contributed by atoms with van der Waals surface area (Å²) in [5, 5.41) is 27.3. The maximum Gasteiger partial charge on any atom is 1.00 e. The number of aromatic nitrogens is 3. The number of aliphatic hydroxyl groups is 2. The molecule has 228 valence electrons. The molecule has 2 N–H and O–H groups in total. The van der Waals surface area contributed by atoms with E-state index in [1.807, 2.05) is 24.3 Å². The van der Waals surface area contributed by atoms with Crippen LogP contribution in [0.1, 0.15) is 29.8 Å². The summed E-state index contributed by atoms with van der Waals surface area (Å²) in [5.74, 6) is 0.430. The Bertz CT molecular complexity index is 1640. The van der Waals surface area contributed by atoms with Gasteiger partial charge in [0.05, 0.1) is 21.7 Å². The van der Waals surface area contributed by atoms with Gasteiger partial charge in [0.25, 0.3) is 6.47 Å². The van der Waals surface area contributed by atoms with Crippen molar-refractivity contribution in [1.29, 1.82) is 0 Å². The van der Waals surface area contributed by atoms with Crippen LogP contribution in [0, 0.1) is 0 Å². The van der Waals surface area contributed by atoms with Crippen LogP contribution < -0.4 is 64.4 Å². The van der Waals surface area contributed by atoms with Crippen molar-refractivity contribution in [3.05, 3.63) is 111 Å². The number of hydrogen-bond acceptors (Lipinski definition) is 10. The van der Waals surface area contributed by atoms with E-state index in [1.165, 1.54) is 0 Å². The molecule has 0 bridgehead atoms. The fourth-order valence-corrected chi connectivity index (χ4v) is 3.87. The fraction of sp³-hybridized carbons (Fsp3) is 0.138. The largest absolute Gasteiger partial charge is 1.00 e. The normalized spacial score (nSPS) is 9.71. The van der Waals surface area contributed by atoms with E-state index in [9.17, 15) is 9.18 Å². The molecule has 5 rings (SSSR count). The van der Waals surface area contributed by atoms with Gasteiger partial charge in [-0.2, -0.15) is 4.98 Å². The molecule has 0 fully saturated rings. The predicted molar refractivity (Wildman–Crippen MR) is 158 cm³/mol. The van der Waals surface area contributed by atoms with Gasteiger partial charge in [0, 0.05) is 17.5 Å². The molecule has 2 aromatic carbocycles. The molecule has 0 aliphatic carbocycles. The second-order valence-corrected chi connectivity index (χ2v) is 9.20. The zero-order chi connectivity index (χ0) is 32.5. The Hall–Kier alpha value is -1.97. The number of nitrogens with zero attached hydrogens (tertiary/aromatic N) is 3. The molecule has 0 spiro atoms. The number of benzene rings is 2. The van der Waals surface area contributed by atoms with E-state index in [2.05, 4.69) is 19.8 Å². The molecular formula is C29H25Cl3FN3Na2O7. The Labute approximate surface area is 319 Å². The van der Waals surface area contributed by atoms with Gasteiger partial charge in [-0.05, 0) is 47.0 Å². The van der Waals surface area contributed by atoms with Crippen molar-refractivity contribution in [1.82, 2.24) is 15.0 Å². The Balaban J connectivity index is 0. The molecular weight excluding hydrogens is 674 g/mol. The van der Waals surface area contributed by atoms with Crippen LogP contribution >= 0.6 is 34.8 Å². The molecule has 3 heterocycles. The topological polar surface area (TPSA) is 159 Å². The Kier molecular flexibility index (Phi) is 21.3. The Morgan fingerprint density at radius 1 is 0.933 bits per heavy atom. The van der Waals surface area contributed by atoms with E-state index >= 15 is 0 Å². The van der Waals surface area contributed by atoms with Crippen molar-refractivity contribution in [2.45, 2.75) is 19.6 Å². The number of ketones is 1. The van der Waals surface area contributed by atoms with Crippen molar-refractivity contribution in [3.8, 4) is 11.5 Å². The second-order valence-electron chi connectivity index (χ2n) is 8.06. The Morgan fingerprint density at radius 3 is 1.96 bits per heavy atom. The van der Waals surface area contributed by atoms with Crippen LogP contribution in [0.4, 0.5) is 4.39 Å². The first-order chi connectivity index (χ1) is 21.2. The SMILES string of the molecule is O=C(Cc1ccc(Cl)nc1Cl)c1ccc(CO)cc1.O=CO[O-].OCc1ccc(-c2nc3ccc(Cl)nc3o2)cc1.[2H]CF.[H-].[Na+].[Na+]. The first-order valence-electron chi connectivity index (χ1n) is 12.6. The number of halogens is 4. The van der Waals surface area contributed by atoms with Crippen molar-refractivity contribution in [2.75, 3.05) is 7.15 Å². The van der Waals surface area contributed by atoms with Crippen molar-refractivity contribution in [3.63, 3.8) is 0 Å². The quantitative estimate of drug-likeness (QED) is 0.0566. The van der Waals surface area contributed by atoms with E-state index in [-0.39, 0.29) is 97.6 Å². The molecule has 0 aliphatic heterocycles. The van der Waals surface area contributed by atoms with Gasteiger partial charge in [-0.1, -0.05) is 77.3 Å². The molecule has 45 heavy (non-hydrogen) atoms. The molecule has 0 saturated heterocycles. The van der Waals surface area contributed by atoms with Gasteiger partial charge in [0.15, 0.2) is 5.78 Å². The summed E-state index contributed by atoms with van der Waals surface area (Å²) in [5.41, 5.74) is 4.75. The van der Waals surface area contributed by atoms with Crippen LogP contribution in [-0.2, 0) is 29.3 Å². The third-order valence-corrected chi connectivity index (χ3v) is 6.09. The zero-order valence-corrected chi connectivity index (χ0v) is 30.4. The minimum Gasteiger partial charge on any atom is -1.00 e. The van der Waals surface area contributed by atoms with Crippen molar-refractivity contribution < 1.29 is 101 Å². The number of aliphatic hydroxyl groups excluding tert-OH is 2. The molecule has 0 unspecified atom stereocenters. The summed E-state index contributed by atoms with van der Waals surface area (Å²) >= 11 is 17.4. The monoisotopic (exact) mass is 698 g/mol. The summed E-state index contributed by atoms with van der Waals surface area (Å²) in [6.45, 7) is -0.202. The van der Waals surface area contributed by atoms with Crippen LogP contribution in [0.3, 0.4) is 0 Å². The van der Waals surface area contributed by atoms with Gasteiger partial charge in [-0.15, -0.1) is 0 Å². The molecule has 0 atom stereocenters. The van der Waals surface area contributed by atoms with Crippen LogP contribution in [0.15, 0.2) is 77.2 Å². The maximum atomic E-state index is 12.1. The third kappa shape index (κ3) is 14.1. The number of alkyl halides is 1. The molecule has 0 aliphatic rings.